The lowest BCUT2D eigenvalue weighted by molar-refractivity contribution is 0.898. The highest BCUT2D eigenvalue weighted by Gasteiger charge is 2.18. The van der Waals surface area contributed by atoms with E-state index in [0.717, 1.165) is 56.0 Å². The molecular formula is C30H30N6S. The monoisotopic (exact) mass is 506 g/mol. The molecule has 0 saturated heterocycles. The number of allylic oxidation sites excluding steroid dienone is 3. The summed E-state index contributed by atoms with van der Waals surface area (Å²) in [5, 5.41) is 12.0. The Morgan fingerprint density at radius 3 is 2.59 bits per heavy atom. The van der Waals surface area contributed by atoms with Crippen LogP contribution in [0.15, 0.2) is 74.2 Å². The second kappa shape index (κ2) is 10.0. The van der Waals surface area contributed by atoms with E-state index in [4.69, 9.17) is 0 Å². The summed E-state index contributed by atoms with van der Waals surface area (Å²) in [4.78, 5) is 14.9. The highest BCUT2D eigenvalue weighted by molar-refractivity contribution is 7.14. The minimum Gasteiger partial charge on any atom is -0.382 e. The second-order valence-electron chi connectivity index (χ2n) is 9.44. The predicted molar refractivity (Wildman–Crippen MR) is 157 cm³/mol. The first-order chi connectivity index (χ1) is 17.8. The van der Waals surface area contributed by atoms with Crippen molar-refractivity contribution in [2.75, 3.05) is 5.32 Å². The largest absolute Gasteiger partial charge is 0.382 e. The molecule has 0 aliphatic rings. The smallest absolute Gasteiger partial charge is 0.181 e. The van der Waals surface area contributed by atoms with Crippen LogP contribution in [0.25, 0.3) is 44.7 Å². The standard InChI is InChI=1S/C30H30N6S/c1-7-8-23(28-10-9-27(37-28)17(2)3)24-13-26(34-19(24)6)29-25-12-21(15-32-30(25)36-35-29)20-11-22(16-31-14-20)33-18(4)5/h7-16,18,33-34H,1-2H2,3-6H3,(H,32,35,36)/b23-8+. The fourth-order valence-electron chi connectivity index (χ4n) is 4.38. The SMILES string of the molecule is C=C/C=C(/c1ccc(C(=C)C)s1)c1cc(-c2[nH]nc3ncc(-c4cncc(NC(C)C)c4)cc23)[nH]c1C. The number of nitrogens with one attached hydrogen (secondary N) is 3. The summed E-state index contributed by atoms with van der Waals surface area (Å²) >= 11 is 1.74. The molecular weight excluding hydrogens is 476 g/mol. The van der Waals surface area contributed by atoms with E-state index in [1.54, 1.807) is 11.3 Å². The van der Waals surface area contributed by atoms with Crippen molar-refractivity contribution < 1.29 is 0 Å². The van der Waals surface area contributed by atoms with Gasteiger partial charge in [0.15, 0.2) is 5.65 Å². The van der Waals surface area contributed by atoms with Crippen molar-refractivity contribution in [3.8, 4) is 22.5 Å². The van der Waals surface area contributed by atoms with Gasteiger partial charge in [-0.1, -0.05) is 25.3 Å². The first-order valence-corrected chi connectivity index (χ1v) is 13.0. The van der Waals surface area contributed by atoms with Crippen molar-refractivity contribution in [2.24, 2.45) is 0 Å². The van der Waals surface area contributed by atoms with Crippen molar-refractivity contribution in [1.82, 2.24) is 25.1 Å². The second-order valence-corrected chi connectivity index (χ2v) is 10.5. The number of hydrogen-bond acceptors (Lipinski definition) is 5. The highest BCUT2D eigenvalue weighted by Crippen LogP contribution is 2.37. The summed E-state index contributed by atoms with van der Waals surface area (Å²) in [5.74, 6) is 0. The fraction of sp³-hybridized carbons (Fsp3) is 0.167. The zero-order chi connectivity index (χ0) is 26.1. The lowest BCUT2D eigenvalue weighted by Gasteiger charge is -2.10. The molecule has 0 unspecified atom stereocenters. The van der Waals surface area contributed by atoms with E-state index >= 15 is 0 Å². The summed E-state index contributed by atoms with van der Waals surface area (Å²) in [5.41, 5.74) is 9.85. The van der Waals surface area contributed by atoms with Crippen molar-refractivity contribution >= 4 is 39.2 Å². The predicted octanol–water partition coefficient (Wildman–Crippen LogP) is 7.86. The maximum Gasteiger partial charge on any atom is 0.181 e. The average Bonchev–Trinajstić information content (AvgIpc) is 3.60. The van der Waals surface area contributed by atoms with Gasteiger partial charge in [-0.15, -0.1) is 11.3 Å². The molecule has 0 bridgehead atoms. The molecule has 0 amide bonds. The number of fused-ring (bicyclic) bond motifs is 1. The first-order valence-electron chi connectivity index (χ1n) is 12.2. The molecule has 0 radical (unpaired) electrons. The summed E-state index contributed by atoms with van der Waals surface area (Å²) in [6.45, 7) is 16.4. The van der Waals surface area contributed by atoms with Crippen LogP contribution in [0, 0.1) is 6.92 Å². The van der Waals surface area contributed by atoms with Gasteiger partial charge < -0.3 is 10.3 Å². The molecule has 3 N–H and O–H groups in total. The molecule has 0 fully saturated rings. The molecule has 5 aromatic rings. The highest BCUT2D eigenvalue weighted by atomic mass is 32.1. The fourth-order valence-corrected chi connectivity index (χ4v) is 5.35. The van der Waals surface area contributed by atoms with Gasteiger partial charge in [-0.05, 0) is 63.6 Å². The summed E-state index contributed by atoms with van der Waals surface area (Å²) in [6, 6.07) is 11.0. The van der Waals surface area contributed by atoms with Crippen LogP contribution in [0.2, 0.25) is 0 Å². The maximum atomic E-state index is 4.62. The number of aryl methyl sites for hydroxylation is 1. The number of aromatic amines is 2. The van der Waals surface area contributed by atoms with E-state index in [1.807, 2.05) is 31.6 Å². The maximum absolute atomic E-state index is 4.62. The number of thiophene rings is 1. The van der Waals surface area contributed by atoms with E-state index in [-0.39, 0.29) is 0 Å². The summed E-state index contributed by atoms with van der Waals surface area (Å²) in [7, 11) is 0. The van der Waals surface area contributed by atoms with E-state index < -0.39 is 0 Å². The van der Waals surface area contributed by atoms with E-state index in [9.17, 15) is 0 Å². The quantitative estimate of drug-likeness (QED) is 0.187. The van der Waals surface area contributed by atoms with Crippen LogP contribution in [0.5, 0.6) is 0 Å². The van der Waals surface area contributed by atoms with Gasteiger partial charge in [0.05, 0.1) is 17.1 Å². The topological polar surface area (TPSA) is 82.3 Å². The van der Waals surface area contributed by atoms with Crippen molar-refractivity contribution in [2.45, 2.75) is 33.7 Å². The number of anilines is 1. The Balaban J connectivity index is 1.55. The Kier molecular flexibility index (Phi) is 6.63. The van der Waals surface area contributed by atoms with Gasteiger partial charge in [-0.25, -0.2) is 4.98 Å². The Morgan fingerprint density at radius 1 is 1.08 bits per heavy atom. The normalized spacial score (nSPS) is 11.9. The van der Waals surface area contributed by atoms with Gasteiger partial charge in [-0.3, -0.25) is 10.1 Å². The number of rotatable bonds is 8. The zero-order valence-corrected chi connectivity index (χ0v) is 22.3. The van der Waals surface area contributed by atoms with Crippen LogP contribution < -0.4 is 5.32 Å². The molecule has 0 atom stereocenters. The van der Waals surface area contributed by atoms with Crippen LogP contribution in [0.4, 0.5) is 5.69 Å². The summed E-state index contributed by atoms with van der Waals surface area (Å²) in [6.07, 6.45) is 9.43. The van der Waals surface area contributed by atoms with Crippen LogP contribution in [-0.4, -0.2) is 31.2 Å². The lowest BCUT2D eigenvalue weighted by atomic mass is 10.0. The van der Waals surface area contributed by atoms with Crippen molar-refractivity contribution in [1.29, 1.82) is 0 Å². The number of nitrogens with zero attached hydrogens (tertiary/aromatic N) is 3. The van der Waals surface area contributed by atoms with Gasteiger partial charge in [-0.2, -0.15) is 5.10 Å². The molecule has 7 heteroatoms. The third-order valence-corrected chi connectivity index (χ3v) is 7.37. The summed E-state index contributed by atoms with van der Waals surface area (Å²) < 4.78 is 0. The number of aromatic nitrogens is 5. The Hall–Kier alpha value is -4.23. The molecule has 37 heavy (non-hydrogen) atoms. The number of H-pyrrole nitrogens is 2. The van der Waals surface area contributed by atoms with E-state index in [2.05, 4.69) is 101 Å². The molecule has 5 rings (SSSR count). The number of pyridine rings is 2. The molecule has 5 aromatic heterocycles. The van der Waals surface area contributed by atoms with Crippen LogP contribution in [-0.2, 0) is 0 Å². The van der Waals surface area contributed by atoms with Gasteiger partial charge in [0, 0.05) is 67.7 Å². The molecule has 0 aromatic carbocycles. The first kappa shape index (κ1) is 24.5. The molecule has 0 aliphatic carbocycles. The van der Waals surface area contributed by atoms with E-state index in [1.165, 1.54) is 9.75 Å². The Bertz CT molecular complexity index is 1650. The van der Waals surface area contributed by atoms with Crippen molar-refractivity contribution in [3.05, 3.63) is 95.2 Å². The minimum atomic E-state index is 0.324. The molecule has 0 spiro atoms. The van der Waals surface area contributed by atoms with E-state index in [0.29, 0.717) is 11.7 Å². The van der Waals surface area contributed by atoms with Crippen molar-refractivity contribution in [3.63, 3.8) is 0 Å². The van der Waals surface area contributed by atoms with Gasteiger partial charge in [0.1, 0.15) is 0 Å². The molecule has 6 nitrogen and oxygen atoms in total. The van der Waals surface area contributed by atoms with Crippen LogP contribution >= 0.6 is 11.3 Å². The molecule has 0 saturated carbocycles. The molecule has 0 aliphatic heterocycles. The lowest BCUT2D eigenvalue weighted by Crippen LogP contribution is -2.09. The molecule has 186 valence electrons. The third kappa shape index (κ3) is 4.90. The third-order valence-electron chi connectivity index (χ3n) is 6.09. The van der Waals surface area contributed by atoms with Crippen LogP contribution in [0.3, 0.4) is 0 Å². The van der Waals surface area contributed by atoms with Gasteiger partial charge in [0.25, 0.3) is 0 Å². The molecule has 5 heterocycles. The Labute approximate surface area is 220 Å². The minimum absolute atomic E-state index is 0.324. The van der Waals surface area contributed by atoms with Crippen LogP contribution in [0.1, 0.15) is 41.8 Å². The zero-order valence-electron chi connectivity index (χ0n) is 21.5. The van der Waals surface area contributed by atoms with Gasteiger partial charge in [0.2, 0.25) is 0 Å². The average molecular weight is 507 g/mol. The van der Waals surface area contributed by atoms with Gasteiger partial charge >= 0.3 is 0 Å². The Morgan fingerprint density at radius 2 is 1.86 bits per heavy atom. The number of hydrogen-bond donors (Lipinski definition) is 3.